The summed E-state index contributed by atoms with van der Waals surface area (Å²) in [6.07, 6.45) is -1.17. The second-order valence-electron chi connectivity index (χ2n) is 11.2. The molecular formula is C34H36ClN5O9. The molecule has 1 unspecified atom stereocenters. The number of rotatable bonds is 14. The van der Waals surface area contributed by atoms with Crippen LogP contribution in [-0.4, -0.2) is 81.0 Å². The van der Waals surface area contributed by atoms with E-state index in [0.29, 0.717) is 5.02 Å². The fourth-order valence-electron chi connectivity index (χ4n) is 4.75. The number of carbonyl (C=O) groups excluding carboxylic acids is 4. The molecular weight excluding hydrogens is 658 g/mol. The van der Waals surface area contributed by atoms with E-state index in [1.165, 1.54) is 12.3 Å². The molecule has 4 N–H and O–H groups in total. The summed E-state index contributed by atoms with van der Waals surface area (Å²) in [4.78, 5) is 54.1. The van der Waals surface area contributed by atoms with Crippen LogP contribution in [0.15, 0.2) is 79.0 Å². The molecule has 0 radical (unpaired) electrons. The molecule has 2 amide bonds. The third-order valence-corrected chi connectivity index (χ3v) is 7.52. The first-order valence-electron chi connectivity index (χ1n) is 15.2. The Morgan fingerprint density at radius 1 is 0.918 bits per heavy atom. The number of esters is 2. The van der Waals surface area contributed by atoms with Crippen molar-refractivity contribution in [2.45, 2.75) is 44.9 Å². The first kappa shape index (κ1) is 36.4. The monoisotopic (exact) mass is 693 g/mol. The summed E-state index contributed by atoms with van der Waals surface area (Å²) in [7, 11) is 1.14. The zero-order chi connectivity index (χ0) is 35.5. The first-order valence-corrected chi connectivity index (χ1v) is 15.5. The normalized spacial score (nSPS) is 12.8. The molecule has 0 bridgehead atoms. The molecule has 49 heavy (non-hydrogen) atoms. The van der Waals surface area contributed by atoms with Gasteiger partial charge in [0.2, 0.25) is 12.7 Å². The summed E-state index contributed by atoms with van der Waals surface area (Å²) in [6.45, 7) is 2.51. The maximum atomic E-state index is 13.3. The van der Waals surface area contributed by atoms with E-state index >= 15 is 0 Å². The molecule has 15 heteroatoms. The number of hydrogen-bond donors (Lipinski definition) is 4. The van der Waals surface area contributed by atoms with Gasteiger partial charge in [-0.25, -0.2) is 19.4 Å². The predicted octanol–water partition coefficient (Wildman–Crippen LogP) is 3.81. The Labute approximate surface area is 287 Å². The number of benzene rings is 2. The van der Waals surface area contributed by atoms with Gasteiger partial charge in [0.25, 0.3) is 5.91 Å². The highest BCUT2D eigenvalue weighted by atomic mass is 35.5. The van der Waals surface area contributed by atoms with E-state index < -0.39 is 48.9 Å². The minimum absolute atomic E-state index is 0.131. The minimum atomic E-state index is -1.73. The average molecular weight is 694 g/mol. The summed E-state index contributed by atoms with van der Waals surface area (Å²) in [6, 6.07) is 19.1. The lowest BCUT2D eigenvalue weighted by Crippen LogP contribution is -2.45. The van der Waals surface area contributed by atoms with Crippen LogP contribution < -0.4 is 10.6 Å². The topological polar surface area (TPSA) is 191 Å². The van der Waals surface area contributed by atoms with Gasteiger partial charge in [0.15, 0.2) is 17.6 Å². The summed E-state index contributed by atoms with van der Waals surface area (Å²) in [5.74, 6) is -3.07. The number of pyridine rings is 1. The Kier molecular flexibility index (Phi) is 12.7. The van der Waals surface area contributed by atoms with Crippen molar-refractivity contribution in [3.8, 4) is 22.8 Å². The molecule has 2 aromatic carbocycles. The highest BCUT2D eigenvalue weighted by Gasteiger charge is 2.28. The fourth-order valence-corrected chi connectivity index (χ4v) is 4.94. The molecule has 4 aromatic rings. The van der Waals surface area contributed by atoms with Gasteiger partial charge in [0.05, 0.1) is 7.11 Å². The number of halogens is 1. The van der Waals surface area contributed by atoms with Gasteiger partial charge in [-0.1, -0.05) is 67.9 Å². The molecule has 0 saturated heterocycles. The molecule has 2 aromatic heterocycles. The second-order valence-corrected chi connectivity index (χ2v) is 11.7. The number of aliphatic hydroxyl groups excluding tert-OH is 1. The van der Waals surface area contributed by atoms with E-state index in [-0.39, 0.29) is 36.2 Å². The largest absolute Gasteiger partial charge is 0.493 e. The van der Waals surface area contributed by atoms with Crippen LogP contribution in [-0.2, 0) is 30.2 Å². The van der Waals surface area contributed by atoms with E-state index in [2.05, 4.69) is 25.5 Å². The maximum absolute atomic E-state index is 13.3. The third-order valence-electron chi connectivity index (χ3n) is 7.28. The molecule has 0 aliphatic heterocycles. The molecule has 0 aliphatic carbocycles. The van der Waals surface area contributed by atoms with Crippen molar-refractivity contribution >= 4 is 35.5 Å². The van der Waals surface area contributed by atoms with Gasteiger partial charge >= 0.3 is 18.0 Å². The Morgan fingerprint density at radius 2 is 1.65 bits per heavy atom. The number of hydrogen-bond acceptors (Lipinski definition) is 11. The first-order chi connectivity index (χ1) is 23.4. The van der Waals surface area contributed by atoms with Crippen LogP contribution in [0.25, 0.3) is 16.9 Å². The fraction of sp³-hybridized carbons (Fsp3) is 0.294. The van der Waals surface area contributed by atoms with E-state index in [0.717, 1.165) is 28.5 Å². The van der Waals surface area contributed by atoms with Crippen molar-refractivity contribution in [1.82, 2.24) is 25.4 Å². The lowest BCUT2D eigenvalue weighted by atomic mass is 9.97. The number of alkyl carbamates (subject to hydrolysis) is 1. The van der Waals surface area contributed by atoms with Crippen LogP contribution in [0.5, 0.6) is 5.88 Å². The van der Waals surface area contributed by atoms with Crippen molar-refractivity contribution < 1.29 is 43.6 Å². The third kappa shape index (κ3) is 10.3. The van der Waals surface area contributed by atoms with Crippen LogP contribution in [0.1, 0.15) is 36.3 Å². The Hall–Kier alpha value is -5.47. The molecule has 4 rings (SSSR count). The maximum Gasteiger partial charge on any atom is 0.407 e. The van der Waals surface area contributed by atoms with Crippen LogP contribution in [0.4, 0.5) is 4.79 Å². The van der Waals surface area contributed by atoms with E-state index in [9.17, 15) is 29.4 Å². The number of ether oxygens (including phenoxy) is 3. The van der Waals surface area contributed by atoms with Gasteiger partial charge in [-0.05, 0) is 53.3 Å². The number of nitrogens with zero attached hydrogens (tertiary/aromatic N) is 3. The Balaban J connectivity index is 1.45. The van der Waals surface area contributed by atoms with Gasteiger partial charge in [-0.2, -0.15) is 9.78 Å². The molecule has 0 saturated carbocycles. The van der Waals surface area contributed by atoms with Crippen LogP contribution >= 0.6 is 11.6 Å². The average Bonchev–Trinajstić information content (AvgIpc) is 3.49. The van der Waals surface area contributed by atoms with Crippen molar-refractivity contribution in [2.75, 3.05) is 13.9 Å². The molecule has 0 aliphatic rings. The lowest BCUT2D eigenvalue weighted by Gasteiger charge is -2.22. The number of aromatic nitrogens is 3. The summed E-state index contributed by atoms with van der Waals surface area (Å²) >= 11 is 6.14. The molecule has 258 valence electrons. The van der Waals surface area contributed by atoms with Gasteiger partial charge < -0.3 is 35.1 Å². The van der Waals surface area contributed by atoms with Gasteiger partial charge in [0.1, 0.15) is 6.04 Å². The van der Waals surface area contributed by atoms with Crippen LogP contribution in [0.3, 0.4) is 0 Å². The van der Waals surface area contributed by atoms with E-state index in [1.807, 2.05) is 42.5 Å². The zero-order valence-electron chi connectivity index (χ0n) is 26.9. The number of methoxy groups -OCH3 is 1. The molecule has 14 nitrogen and oxygen atoms in total. The quantitative estimate of drug-likeness (QED) is 0.111. The highest BCUT2D eigenvalue weighted by molar-refractivity contribution is 6.30. The lowest BCUT2D eigenvalue weighted by molar-refractivity contribution is -0.175. The van der Waals surface area contributed by atoms with Crippen LogP contribution in [0, 0.1) is 5.92 Å². The minimum Gasteiger partial charge on any atom is -0.493 e. The van der Waals surface area contributed by atoms with Crippen molar-refractivity contribution in [3.63, 3.8) is 0 Å². The number of aromatic hydroxyl groups is 1. The van der Waals surface area contributed by atoms with Crippen molar-refractivity contribution in [3.05, 3.63) is 95.3 Å². The number of carbonyl (C=O) groups is 4. The number of aliphatic hydroxyl groups is 1. The van der Waals surface area contributed by atoms with Crippen LogP contribution in [0.2, 0.25) is 5.02 Å². The summed E-state index contributed by atoms with van der Waals surface area (Å²) < 4.78 is 15.6. The van der Waals surface area contributed by atoms with Gasteiger partial charge in [-0.15, -0.1) is 0 Å². The highest BCUT2D eigenvalue weighted by Crippen LogP contribution is 2.24. The Bertz CT molecular complexity index is 1750. The summed E-state index contributed by atoms with van der Waals surface area (Å²) in [5, 5.41) is 31.0. The smallest absolute Gasteiger partial charge is 0.407 e. The zero-order valence-corrected chi connectivity index (χ0v) is 27.7. The summed E-state index contributed by atoms with van der Waals surface area (Å²) in [5.41, 5.74) is 2.45. The van der Waals surface area contributed by atoms with Crippen molar-refractivity contribution in [1.29, 1.82) is 0 Å². The molecule has 0 fully saturated rings. The molecule has 3 atom stereocenters. The number of amides is 2. The molecule has 0 spiro atoms. The number of nitrogens with one attached hydrogen (secondary N) is 2. The SMILES string of the molecule is COC(=O)N[C@H](C(=O)OCOC(=O)C(O)C[C@@H](Cc1ccc(-c2cccc(Cl)c2)cc1)NC(=O)c1cc(O)n(-c2ccccn2)n1)C(C)C. The Morgan fingerprint density at radius 3 is 2.31 bits per heavy atom. The van der Waals surface area contributed by atoms with Gasteiger partial charge in [-0.3, -0.25) is 4.79 Å². The second kappa shape index (κ2) is 17.1. The van der Waals surface area contributed by atoms with Gasteiger partial charge in [0, 0.05) is 29.7 Å². The molecule has 2 heterocycles. The predicted molar refractivity (Wildman–Crippen MR) is 177 cm³/mol. The standard InChI is InChI=1S/C34H36ClN5O9/c1-20(2)30(38-34(46)47-3)33(45)49-19-48-32(44)27(41)17-25(15-21-10-12-22(13-11-21)23-7-6-8-24(35)16-23)37-31(43)26-18-29(42)40(39-26)28-9-4-5-14-36-28/h4-14,16,18,20,25,27,30,41-42H,15,17,19H2,1-3H3,(H,37,43)(H,38,46)/t25-,27?,30+/m1/s1. The van der Waals surface area contributed by atoms with E-state index in [1.54, 1.807) is 38.1 Å². The van der Waals surface area contributed by atoms with E-state index in [4.69, 9.17) is 21.1 Å². The van der Waals surface area contributed by atoms with Crippen molar-refractivity contribution in [2.24, 2.45) is 5.92 Å².